The van der Waals surface area contributed by atoms with Gasteiger partial charge in [0.1, 0.15) is 0 Å². The van der Waals surface area contributed by atoms with Crippen LogP contribution in [0.15, 0.2) is 42.0 Å². The number of hydrogen-bond acceptors (Lipinski definition) is 0. The largest absolute Gasteiger partial charge is 1.00 e. The van der Waals surface area contributed by atoms with E-state index in [1.807, 2.05) is 6.56 Å². The van der Waals surface area contributed by atoms with Gasteiger partial charge in [0.25, 0.3) is 0 Å². The Morgan fingerprint density at radius 1 is 0.655 bits per heavy atom. The summed E-state index contributed by atoms with van der Waals surface area (Å²) >= 11 is -0.737. The quantitative estimate of drug-likeness (QED) is 0.509. The first kappa shape index (κ1) is 29.4. The zero-order valence-corrected chi connectivity index (χ0v) is 24.4. The van der Waals surface area contributed by atoms with Crippen LogP contribution in [0.2, 0.25) is 0 Å². The van der Waals surface area contributed by atoms with Crippen LogP contribution in [0.25, 0.3) is 0 Å². The van der Waals surface area contributed by atoms with Crippen molar-refractivity contribution in [2.75, 3.05) is 0 Å². The maximum atomic E-state index is 2.50. The third-order valence-electron chi connectivity index (χ3n) is 8.08. The van der Waals surface area contributed by atoms with E-state index >= 15 is 0 Å². The number of halogens is 2. The second-order valence-electron chi connectivity index (χ2n) is 11.0. The molecule has 2 unspecified atom stereocenters. The molecule has 0 aliphatic heterocycles. The van der Waals surface area contributed by atoms with E-state index in [1.54, 1.807) is 11.1 Å². The molecule has 0 fully saturated rings. The Morgan fingerprint density at radius 2 is 0.966 bits per heavy atom. The molecule has 0 aromatic heterocycles. The molecule has 0 saturated heterocycles. The van der Waals surface area contributed by atoms with Crippen LogP contribution in [0.4, 0.5) is 0 Å². The van der Waals surface area contributed by atoms with E-state index in [0.717, 1.165) is 0 Å². The minimum absolute atomic E-state index is 0. The molecule has 2 aliphatic rings. The molecule has 0 aromatic rings. The molecule has 0 nitrogen and oxygen atoms in total. The number of hydrogen-bond donors (Lipinski definition) is 0. The molecule has 0 spiro atoms. The van der Waals surface area contributed by atoms with Gasteiger partial charge in [-0.2, -0.15) is 0 Å². The summed E-state index contributed by atoms with van der Waals surface area (Å²) in [6.45, 7) is 24.3. The first-order valence-electron chi connectivity index (χ1n) is 10.9. The smallest absolute Gasteiger partial charge is 1.00 e. The van der Waals surface area contributed by atoms with Gasteiger partial charge in [0.05, 0.1) is 0 Å². The molecule has 0 aromatic carbocycles. The SMILES string of the molecule is CCC(C)(C1=[C]([Zr+2][C]2=C(C(C)(CC)C(C)(C)C)C=CC2)CC=C1)C(C)(C)C.[Cl-].[Cl-]. The van der Waals surface area contributed by atoms with Gasteiger partial charge in [0.15, 0.2) is 0 Å². The van der Waals surface area contributed by atoms with Gasteiger partial charge in [-0.1, -0.05) is 0 Å². The van der Waals surface area contributed by atoms with E-state index in [0.29, 0.717) is 10.8 Å². The first-order valence-corrected chi connectivity index (χ1v) is 13.3. The summed E-state index contributed by atoms with van der Waals surface area (Å²) in [5.74, 6) is 0. The molecule has 2 atom stereocenters. The van der Waals surface area contributed by atoms with E-state index in [4.69, 9.17) is 0 Å². The Hall–Kier alpha value is 0.423. The molecule has 3 heteroatoms. The monoisotopic (exact) mass is 514 g/mol. The molecule has 29 heavy (non-hydrogen) atoms. The van der Waals surface area contributed by atoms with E-state index in [9.17, 15) is 0 Å². The molecule has 2 rings (SSSR count). The summed E-state index contributed by atoms with van der Waals surface area (Å²) in [6, 6.07) is 0. The summed E-state index contributed by atoms with van der Waals surface area (Å²) in [5, 5.41) is 0. The fourth-order valence-corrected chi connectivity index (χ4v) is 9.12. The predicted molar refractivity (Wildman–Crippen MR) is 117 cm³/mol. The van der Waals surface area contributed by atoms with E-state index in [1.165, 1.54) is 25.7 Å². The van der Waals surface area contributed by atoms with E-state index in [-0.39, 0.29) is 35.6 Å². The Bertz CT molecular complexity index is 637. The van der Waals surface area contributed by atoms with Crippen molar-refractivity contribution in [3.8, 4) is 0 Å². The van der Waals surface area contributed by atoms with Crippen LogP contribution in [-0.4, -0.2) is 0 Å². The second-order valence-corrected chi connectivity index (χ2v) is 14.6. The molecular formula is C26H42Cl2Zr. The van der Waals surface area contributed by atoms with Crippen LogP contribution in [0, 0.1) is 21.7 Å². The van der Waals surface area contributed by atoms with Gasteiger partial charge in [-0.05, 0) is 0 Å². The maximum Gasteiger partial charge on any atom is -1.00 e. The van der Waals surface area contributed by atoms with Gasteiger partial charge in [0.2, 0.25) is 0 Å². The van der Waals surface area contributed by atoms with Gasteiger partial charge in [-0.25, -0.2) is 0 Å². The summed E-state index contributed by atoms with van der Waals surface area (Å²) < 4.78 is 3.67. The fourth-order valence-electron chi connectivity index (χ4n) is 4.71. The third-order valence-corrected chi connectivity index (χ3v) is 11.9. The molecule has 0 N–H and O–H groups in total. The van der Waals surface area contributed by atoms with Crippen LogP contribution >= 0.6 is 0 Å². The standard InChI is InChI=1S/2C13H21.2ClH.Zr/c2*1-6-13(5,12(2,3)4)11-9-7-8-10-11;;;/h2*7,9H,6,8H2,1-5H3;2*1H;/q;;;;+2/p-2. The van der Waals surface area contributed by atoms with Crippen molar-refractivity contribution in [1.82, 2.24) is 0 Å². The van der Waals surface area contributed by atoms with Crippen molar-refractivity contribution in [1.29, 1.82) is 0 Å². The minimum Gasteiger partial charge on any atom is -1.00 e. The zero-order chi connectivity index (χ0) is 20.7. The molecular weight excluding hydrogens is 474 g/mol. The predicted octanol–water partition coefficient (Wildman–Crippen LogP) is 2.43. The van der Waals surface area contributed by atoms with Crippen molar-refractivity contribution in [3.63, 3.8) is 0 Å². The third kappa shape index (κ3) is 5.44. The summed E-state index contributed by atoms with van der Waals surface area (Å²) in [7, 11) is 0. The number of allylic oxidation sites excluding steroid dienone is 8. The van der Waals surface area contributed by atoms with Crippen molar-refractivity contribution >= 4 is 0 Å². The van der Waals surface area contributed by atoms with E-state index < -0.39 is 23.2 Å². The summed E-state index contributed by atoms with van der Waals surface area (Å²) in [5.41, 5.74) is 4.53. The Morgan fingerprint density at radius 3 is 1.21 bits per heavy atom. The van der Waals surface area contributed by atoms with Crippen LogP contribution in [0.5, 0.6) is 0 Å². The van der Waals surface area contributed by atoms with Gasteiger partial charge >= 0.3 is 182 Å². The summed E-state index contributed by atoms with van der Waals surface area (Å²) in [4.78, 5) is 0. The molecule has 164 valence electrons. The molecule has 0 radical (unpaired) electrons. The van der Waals surface area contributed by atoms with Gasteiger partial charge in [0, 0.05) is 0 Å². The van der Waals surface area contributed by atoms with Crippen LogP contribution < -0.4 is 24.8 Å². The van der Waals surface area contributed by atoms with E-state index in [2.05, 4.69) is 93.5 Å². The van der Waals surface area contributed by atoms with Crippen LogP contribution in [-0.2, 0) is 23.2 Å². The second kappa shape index (κ2) is 10.4. The zero-order valence-electron chi connectivity index (χ0n) is 20.4. The van der Waals surface area contributed by atoms with Crippen molar-refractivity contribution in [3.05, 3.63) is 42.0 Å². The van der Waals surface area contributed by atoms with Crippen LogP contribution in [0.3, 0.4) is 0 Å². The normalized spacial score (nSPS) is 20.8. The average molecular weight is 517 g/mol. The fraction of sp³-hybridized carbons (Fsp3) is 0.692. The van der Waals surface area contributed by atoms with Gasteiger partial charge in [-0.15, -0.1) is 0 Å². The molecule has 0 amide bonds. The first-order chi connectivity index (χ1) is 12.3. The average Bonchev–Trinajstić information content (AvgIpc) is 3.21. The number of rotatable bonds is 6. The van der Waals surface area contributed by atoms with Gasteiger partial charge < -0.3 is 24.8 Å². The maximum absolute atomic E-state index is 2.50. The van der Waals surface area contributed by atoms with Crippen molar-refractivity contribution < 1.29 is 48.0 Å². The van der Waals surface area contributed by atoms with Crippen molar-refractivity contribution in [2.45, 2.75) is 94.9 Å². The molecule has 2 aliphatic carbocycles. The minimum atomic E-state index is -0.737. The molecule has 0 saturated carbocycles. The summed E-state index contributed by atoms with van der Waals surface area (Å²) in [6.07, 6.45) is 14.7. The van der Waals surface area contributed by atoms with Crippen LogP contribution in [0.1, 0.15) is 94.9 Å². The Labute approximate surface area is 205 Å². The Kier molecular flexibility index (Phi) is 10.5. The topological polar surface area (TPSA) is 0 Å². The molecule has 0 heterocycles. The molecule has 0 bridgehead atoms. The van der Waals surface area contributed by atoms with Crippen molar-refractivity contribution in [2.24, 2.45) is 21.7 Å². The Balaban J connectivity index is 0.00000392. The van der Waals surface area contributed by atoms with Gasteiger partial charge in [-0.3, -0.25) is 0 Å².